The Balaban J connectivity index is 1.63. The third kappa shape index (κ3) is 10.1. The first-order valence-electron chi connectivity index (χ1n) is 17.3. The summed E-state index contributed by atoms with van der Waals surface area (Å²) in [4.78, 5) is 66.1. The van der Waals surface area contributed by atoms with E-state index in [1.807, 2.05) is 0 Å². The van der Waals surface area contributed by atoms with Crippen LogP contribution < -0.4 is 30.9 Å². The number of hydrogen-bond donors (Lipinski definition) is 3. The van der Waals surface area contributed by atoms with E-state index in [1.165, 1.54) is 45.0 Å². The summed E-state index contributed by atoms with van der Waals surface area (Å²) in [7, 11) is -3.42. The molecule has 3 aromatic rings. The van der Waals surface area contributed by atoms with Gasteiger partial charge in [0.25, 0.3) is 5.56 Å². The molecule has 1 amide bonds. The van der Waals surface area contributed by atoms with Crippen molar-refractivity contribution in [2.24, 2.45) is 5.92 Å². The SMILES string of the molecule is COC(=O)[C@](Cn1c(=O)ccn([C@@H]2O[C@H](CO[P@@](=O)(N[C@@H](C)C(=O)OC(C)C)Oc3ccccc3)[C@@H](O)[C@@]2(C)F)c1=O)(NC(=O)Oc1ccccc1)C(C)C. The second-order valence-corrected chi connectivity index (χ2v) is 15.2. The minimum atomic E-state index is -4.48. The van der Waals surface area contributed by atoms with Crippen LogP contribution in [0.15, 0.2) is 82.5 Å². The van der Waals surface area contributed by atoms with Crippen molar-refractivity contribution >= 4 is 25.8 Å². The summed E-state index contributed by atoms with van der Waals surface area (Å²) in [5.74, 6) is -2.36. The number of aromatic nitrogens is 2. The number of ether oxygens (including phenoxy) is 4. The summed E-state index contributed by atoms with van der Waals surface area (Å²) >= 11 is 0. The lowest BCUT2D eigenvalue weighted by molar-refractivity contribution is -0.151. The van der Waals surface area contributed by atoms with Crippen molar-refractivity contribution < 1.29 is 56.4 Å². The summed E-state index contributed by atoms with van der Waals surface area (Å²) < 4.78 is 64.2. The fraction of sp³-hybridized carbons (Fsp3) is 0.472. The van der Waals surface area contributed by atoms with Crippen molar-refractivity contribution in [3.8, 4) is 11.5 Å². The molecule has 1 fully saturated rings. The molecule has 0 bridgehead atoms. The molecular weight excluding hydrogens is 746 g/mol. The molecule has 0 saturated carbocycles. The number of para-hydroxylation sites is 2. The van der Waals surface area contributed by atoms with E-state index in [1.54, 1.807) is 50.2 Å². The molecule has 0 unspecified atom stereocenters. The maximum absolute atomic E-state index is 16.4. The van der Waals surface area contributed by atoms with Gasteiger partial charge in [0.2, 0.25) is 0 Å². The number of carbonyl (C=O) groups excluding carboxylic acids is 3. The zero-order valence-corrected chi connectivity index (χ0v) is 32.3. The second-order valence-electron chi connectivity index (χ2n) is 13.5. The van der Waals surface area contributed by atoms with Gasteiger partial charge in [-0.25, -0.2) is 23.3 Å². The van der Waals surface area contributed by atoms with Gasteiger partial charge in [-0.2, -0.15) is 5.09 Å². The maximum Gasteiger partial charge on any atom is 0.459 e. The van der Waals surface area contributed by atoms with Gasteiger partial charge in [0.15, 0.2) is 17.4 Å². The topological polar surface area (TPSA) is 212 Å². The average molecular weight is 793 g/mol. The van der Waals surface area contributed by atoms with E-state index < -0.39 is 97.9 Å². The lowest BCUT2D eigenvalue weighted by atomic mass is 9.86. The smallest absolute Gasteiger partial charge is 0.459 e. The van der Waals surface area contributed by atoms with Crippen molar-refractivity contribution in [1.82, 2.24) is 19.5 Å². The van der Waals surface area contributed by atoms with Gasteiger partial charge in [-0.3, -0.25) is 23.2 Å². The van der Waals surface area contributed by atoms with Crippen LogP contribution >= 0.6 is 7.75 Å². The van der Waals surface area contributed by atoms with Gasteiger partial charge in [-0.1, -0.05) is 50.2 Å². The number of rotatable bonds is 16. The first-order chi connectivity index (χ1) is 25.8. The predicted octanol–water partition coefficient (Wildman–Crippen LogP) is 3.49. The van der Waals surface area contributed by atoms with Gasteiger partial charge in [-0.15, -0.1) is 0 Å². The van der Waals surface area contributed by atoms with E-state index >= 15 is 4.39 Å². The van der Waals surface area contributed by atoms with Crippen LogP contribution in [0.1, 0.15) is 47.8 Å². The molecule has 55 heavy (non-hydrogen) atoms. The predicted molar refractivity (Wildman–Crippen MR) is 194 cm³/mol. The molecule has 300 valence electrons. The van der Waals surface area contributed by atoms with E-state index in [2.05, 4.69) is 10.4 Å². The van der Waals surface area contributed by atoms with Gasteiger partial charge in [0.1, 0.15) is 29.7 Å². The normalized spacial score (nSPS) is 22.3. The molecule has 1 saturated heterocycles. The highest BCUT2D eigenvalue weighted by atomic mass is 31.2. The van der Waals surface area contributed by atoms with Crippen molar-refractivity contribution in [3.05, 3.63) is 93.8 Å². The highest BCUT2D eigenvalue weighted by Gasteiger charge is 2.56. The molecule has 19 heteroatoms. The molecular formula is C36H46FN4O13P. The third-order valence-corrected chi connectivity index (χ3v) is 10.4. The van der Waals surface area contributed by atoms with Gasteiger partial charge in [0.05, 0.1) is 26.4 Å². The summed E-state index contributed by atoms with van der Waals surface area (Å²) in [6.45, 7) is 7.07. The molecule has 4 rings (SSSR count). The number of methoxy groups -OCH3 is 1. The molecule has 1 aliphatic rings. The van der Waals surface area contributed by atoms with Crippen LogP contribution in [-0.4, -0.2) is 81.6 Å². The van der Waals surface area contributed by atoms with E-state index in [9.17, 15) is 33.6 Å². The summed E-state index contributed by atoms with van der Waals surface area (Å²) in [5, 5.41) is 16.0. The molecule has 17 nitrogen and oxygen atoms in total. The minimum Gasteiger partial charge on any atom is -0.467 e. The van der Waals surface area contributed by atoms with Crippen molar-refractivity contribution in [1.29, 1.82) is 0 Å². The Labute approximate surface area is 316 Å². The zero-order valence-electron chi connectivity index (χ0n) is 31.4. The van der Waals surface area contributed by atoms with Gasteiger partial charge in [-0.05, 0) is 57.9 Å². The average Bonchev–Trinajstić information content (AvgIpc) is 3.35. The molecule has 1 aromatic heterocycles. The number of aliphatic hydroxyl groups excluding tert-OH is 1. The van der Waals surface area contributed by atoms with Crippen LogP contribution in [0.4, 0.5) is 9.18 Å². The molecule has 7 atom stereocenters. The number of benzene rings is 2. The lowest BCUT2D eigenvalue weighted by Gasteiger charge is -2.35. The monoisotopic (exact) mass is 792 g/mol. The van der Waals surface area contributed by atoms with Crippen LogP contribution in [-0.2, 0) is 39.4 Å². The number of amides is 1. The van der Waals surface area contributed by atoms with Gasteiger partial charge >= 0.3 is 31.5 Å². The largest absolute Gasteiger partial charge is 0.467 e. The molecule has 0 aliphatic carbocycles. The molecule has 0 spiro atoms. The minimum absolute atomic E-state index is 0.0879. The Morgan fingerprint density at radius 1 is 1.00 bits per heavy atom. The van der Waals surface area contributed by atoms with Gasteiger partial charge in [0, 0.05) is 12.3 Å². The highest BCUT2D eigenvalue weighted by Crippen LogP contribution is 2.47. The standard InChI is InChI=1S/C36H46FN4O13P/c1-22(2)36(32(45)49-7,38-33(46)52-25-14-10-8-11-15-25)21-41-28(42)18-19-40(34(41)47)31-35(6,37)29(43)27(53-31)20-50-55(48,54-26-16-12-9-13-17-26)39-24(5)30(44)51-23(3)4/h8-19,22-24,27,29,31,43H,20-21H2,1-7H3,(H,38,46)(H,39,48)/t24-,27+,29+,31+,35+,36+,55-/m0/s1. The summed E-state index contributed by atoms with van der Waals surface area (Å²) in [6, 6.07) is 15.4. The summed E-state index contributed by atoms with van der Waals surface area (Å²) in [5.41, 5.74) is -6.90. The number of aliphatic hydroxyl groups is 1. The van der Waals surface area contributed by atoms with Crippen molar-refractivity contribution in [3.63, 3.8) is 0 Å². The Morgan fingerprint density at radius 3 is 2.16 bits per heavy atom. The van der Waals surface area contributed by atoms with E-state index in [0.29, 0.717) is 9.13 Å². The number of alkyl halides is 1. The maximum atomic E-state index is 16.4. The van der Waals surface area contributed by atoms with Crippen LogP contribution in [0.3, 0.4) is 0 Å². The Bertz CT molecular complexity index is 1980. The van der Waals surface area contributed by atoms with Crippen LogP contribution in [0.5, 0.6) is 11.5 Å². The van der Waals surface area contributed by atoms with E-state index in [0.717, 1.165) is 26.3 Å². The van der Waals surface area contributed by atoms with Crippen LogP contribution in [0.2, 0.25) is 0 Å². The zero-order chi connectivity index (χ0) is 40.7. The first kappa shape index (κ1) is 42.9. The lowest BCUT2D eigenvalue weighted by Crippen LogP contribution is -2.64. The number of esters is 2. The van der Waals surface area contributed by atoms with Crippen molar-refractivity contribution in [2.75, 3.05) is 13.7 Å². The van der Waals surface area contributed by atoms with Crippen LogP contribution in [0, 0.1) is 5.92 Å². The van der Waals surface area contributed by atoms with Gasteiger partial charge < -0.3 is 33.9 Å². The molecule has 0 radical (unpaired) electrons. The number of halogens is 1. The number of hydrogen-bond acceptors (Lipinski definition) is 13. The number of nitrogens with one attached hydrogen (secondary N) is 2. The summed E-state index contributed by atoms with van der Waals surface area (Å²) in [6.07, 6.45) is -6.12. The number of nitrogens with zero attached hydrogens (tertiary/aromatic N) is 2. The van der Waals surface area contributed by atoms with Crippen LogP contribution in [0.25, 0.3) is 0 Å². The van der Waals surface area contributed by atoms with E-state index in [-0.39, 0.29) is 11.5 Å². The third-order valence-electron chi connectivity index (χ3n) is 8.72. The van der Waals surface area contributed by atoms with Crippen molar-refractivity contribution in [2.45, 2.75) is 89.9 Å². The quantitative estimate of drug-likeness (QED) is 0.140. The fourth-order valence-electron chi connectivity index (χ4n) is 5.66. The number of carbonyl (C=O) groups is 3. The molecule has 1 aliphatic heterocycles. The molecule has 3 N–H and O–H groups in total. The Kier molecular flexibility index (Phi) is 13.8. The fourth-order valence-corrected chi connectivity index (χ4v) is 7.17. The molecule has 2 heterocycles. The first-order valence-corrected chi connectivity index (χ1v) is 18.8. The van der Waals surface area contributed by atoms with E-state index in [4.69, 9.17) is 28.0 Å². The second kappa shape index (κ2) is 17.7. The Morgan fingerprint density at radius 2 is 1.60 bits per heavy atom. The Hall–Kier alpha value is -4.87. The molecule has 2 aromatic carbocycles. The highest BCUT2D eigenvalue weighted by molar-refractivity contribution is 7.52.